The highest BCUT2D eigenvalue weighted by Gasteiger charge is 2.55. The van der Waals surface area contributed by atoms with Crippen LogP contribution in [0.5, 0.6) is 0 Å². The molecule has 1 heterocycles. The van der Waals surface area contributed by atoms with Gasteiger partial charge in [-0.2, -0.15) is 0 Å². The molecule has 1 fully saturated rings. The standard InChI is InChI=1S/C15H30O7/c1-3-4-5-6-7-8-9-21-15(20-2)14(19)13(18)12(17)11(10-16)22-15/h11-14,16-19H,3-10H2,1-2H3/t11?,12-,13+,14-,15-/m0/s1. The third-order valence-corrected chi connectivity index (χ3v) is 4.00. The molecule has 0 aromatic rings. The predicted octanol–water partition coefficient (Wildman–Crippen LogP) is 0.137. The summed E-state index contributed by atoms with van der Waals surface area (Å²) in [5, 5.41) is 38.9. The lowest BCUT2D eigenvalue weighted by molar-refractivity contribution is -0.455. The van der Waals surface area contributed by atoms with Gasteiger partial charge < -0.3 is 34.6 Å². The molecule has 22 heavy (non-hydrogen) atoms. The fourth-order valence-electron chi connectivity index (χ4n) is 2.56. The van der Waals surface area contributed by atoms with Crippen molar-refractivity contribution in [2.75, 3.05) is 20.3 Å². The summed E-state index contributed by atoms with van der Waals surface area (Å²) in [7, 11) is 1.28. The van der Waals surface area contributed by atoms with Crippen LogP contribution in [0.1, 0.15) is 45.4 Å². The molecule has 5 atom stereocenters. The van der Waals surface area contributed by atoms with Crippen molar-refractivity contribution in [1.29, 1.82) is 0 Å². The minimum absolute atomic E-state index is 0.290. The molecule has 0 aliphatic carbocycles. The quantitative estimate of drug-likeness (QED) is 0.334. The summed E-state index contributed by atoms with van der Waals surface area (Å²) in [6.45, 7) is 1.93. The van der Waals surface area contributed by atoms with E-state index in [1.807, 2.05) is 0 Å². The van der Waals surface area contributed by atoms with E-state index in [-0.39, 0.29) is 6.61 Å². The topological polar surface area (TPSA) is 109 Å². The molecule has 0 aromatic carbocycles. The average Bonchev–Trinajstić information content (AvgIpc) is 2.54. The van der Waals surface area contributed by atoms with E-state index in [4.69, 9.17) is 14.2 Å². The van der Waals surface area contributed by atoms with Crippen molar-refractivity contribution in [2.45, 2.75) is 75.8 Å². The van der Waals surface area contributed by atoms with Crippen LogP contribution in [0.4, 0.5) is 0 Å². The molecule has 0 bridgehead atoms. The van der Waals surface area contributed by atoms with Gasteiger partial charge in [0.25, 0.3) is 0 Å². The number of methoxy groups -OCH3 is 1. The molecule has 132 valence electrons. The zero-order chi connectivity index (χ0) is 16.6. The molecule has 1 aliphatic heterocycles. The summed E-state index contributed by atoms with van der Waals surface area (Å²) >= 11 is 0. The van der Waals surface area contributed by atoms with E-state index < -0.39 is 37.0 Å². The Bertz CT molecular complexity index is 300. The summed E-state index contributed by atoms with van der Waals surface area (Å²) in [5.41, 5.74) is 0. The lowest BCUT2D eigenvalue weighted by atomic mass is 9.97. The van der Waals surface area contributed by atoms with Crippen LogP contribution in [0, 0.1) is 0 Å². The molecule has 0 radical (unpaired) electrons. The van der Waals surface area contributed by atoms with Gasteiger partial charge in [-0.1, -0.05) is 39.0 Å². The Hall–Kier alpha value is -0.280. The highest BCUT2D eigenvalue weighted by molar-refractivity contribution is 4.92. The van der Waals surface area contributed by atoms with Crippen molar-refractivity contribution in [1.82, 2.24) is 0 Å². The van der Waals surface area contributed by atoms with E-state index in [9.17, 15) is 20.4 Å². The molecule has 0 amide bonds. The number of ether oxygens (including phenoxy) is 3. The summed E-state index contributed by atoms with van der Waals surface area (Å²) < 4.78 is 16.0. The van der Waals surface area contributed by atoms with Crippen LogP contribution >= 0.6 is 0 Å². The van der Waals surface area contributed by atoms with Gasteiger partial charge in [-0.25, -0.2) is 0 Å². The van der Waals surface area contributed by atoms with Gasteiger partial charge in [0.05, 0.1) is 13.2 Å². The van der Waals surface area contributed by atoms with Crippen LogP contribution in [0.15, 0.2) is 0 Å². The van der Waals surface area contributed by atoms with Crippen LogP contribution in [-0.4, -0.2) is 71.1 Å². The zero-order valence-electron chi connectivity index (χ0n) is 13.5. The molecule has 1 unspecified atom stereocenters. The van der Waals surface area contributed by atoms with Crippen molar-refractivity contribution < 1.29 is 34.6 Å². The largest absolute Gasteiger partial charge is 0.394 e. The maximum Gasteiger partial charge on any atom is 0.313 e. The molecule has 0 aromatic heterocycles. The van der Waals surface area contributed by atoms with E-state index in [0.717, 1.165) is 19.3 Å². The fourth-order valence-corrected chi connectivity index (χ4v) is 2.56. The van der Waals surface area contributed by atoms with Gasteiger partial charge in [-0.15, -0.1) is 0 Å². The van der Waals surface area contributed by atoms with Crippen molar-refractivity contribution in [3.05, 3.63) is 0 Å². The van der Waals surface area contributed by atoms with Gasteiger partial charge in [-0.05, 0) is 6.42 Å². The lowest BCUT2D eigenvalue weighted by Crippen LogP contribution is -2.66. The fraction of sp³-hybridized carbons (Fsp3) is 1.00. The van der Waals surface area contributed by atoms with Gasteiger partial charge in [0.15, 0.2) is 6.10 Å². The SMILES string of the molecule is CCCCCCCCO[C@]1(OC)OC(CO)[C@H](O)[C@@H](O)[C@@H]1O. The third-order valence-electron chi connectivity index (χ3n) is 4.00. The van der Waals surface area contributed by atoms with Crippen LogP contribution in [0.2, 0.25) is 0 Å². The number of hydrogen-bond acceptors (Lipinski definition) is 7. The number of aliphatic hydroxyl groups is 4. The first kappa shape index (κ1) is 19.8. The van der Waals surface area contributed by atoms with Crippen LogP contribution < -0.4 is 0 Å². The average molecular weight is 322 g/mol. The van der Waals surface area contributed by atoms with Gasteiger partial charge in [0, 0.05) is 7.11 Å². The van der Waals surface area contributed by atoms with Crippen LogP contribution in [0.3, 0.4) is 0 Å². The second kappa shape index (κ2) is 9.77. The molecule has 1 saturated heterocycles. The normalized spacial score (nSPS) is 35.7. The number of rotatable bonds is 10. The molecule has 7 nitrogen and oxygen atoms in total. The molecular weight excluding hydrogens is 292 g/mol. The smallest absolute Gasteiger partial charge is 0.313 e. The number of aliphatic hydroxyl groups excluding tert-OH is 4. The summed E-state index contributed by atoms with van der Waals surface area (Å²) in [4.78, 5) is 0. The second-order valence-electron chi connectivity index (χ2n) is 5.69. The van der Waals surface area contributed by atoms with E-state index in [0.29, 0.717) is 0 Å². The Morgan fingerprint density at radius 1 is 1.00 bits per heavy atom. The molecule has 1 rings (SSSR count). The Morgan fingerprint density at radius 2 is 1.64 bits per heavy atom. The first-order valence-corrected chi connectivity index (χ1v) is 8.04. The number of hydrogen-bond donors (Lipinski definition) is 4. The lowest BCUT2D eigenvalue weighted by Gasteiger charge is -2.46. The Labute approximate surface area is 131 Å². The Balaban J connectivity index is 2.48. The first-order valence-electron chi connectivity index (χ1n) is 8.04. The highest BCUT2D eigenvalue weighted by atomic mass is 16.9. The van der Waals surface area contributed by atoms with Crippen molar-refractivity contribution in [3.8, 4) is 0 Å². The van der Waals surface area contributed by atoms with Gasteiger partial charge in [-0.3, -0.25) is 0 Å². The van der Waals surface area contributed by atoms with E-state index in [1.54, 1.807) is 0 Å². The minimum atomic E-state index is -1.87. The summed E-state index contributed by atoms with van der Waals surface area (Å²) in [6, 6.07) is 0. The molecule has 0 saturated carbocycles. The maximum atomic E-state index is 10.1. The molecule has 0 spiro atoms. The maximum absolute atomic E-state index is 10.1. The summed E-state index contributed by atoms with van der Waals surface area (Å²) in [5.74, 6) is -1.87. The van der Waals surface area contributed by atoms with E-state index >= 15 is 0 Å². The van der Waals surface area contributed by atoms with E-state index in [2.05, 4.69) is 6.92 Å². The van der Waals surface area contributed by atoms with Gasteiger partial charge in [0.2, 0.25) is 0 Å². The Kier molecular flexibility index (Phi) is 8.78. The predicted molar refractivity (Wildman–Crippen MR) is 79.0 cm³/mol. The van der Waals surface area contributed by atoms with E-state index in [1.165, 1.54) is 26.4 Å². The first-order chi connectivity index (χ1) is 10.5. The number of unbranched alkanes of at least 4 members (excludes halogenated alkanes) is 5. The Morgan fingerprint density at radius 3 is 2.23 bits per heavy atom. The van der Waals surface area contributed by atoms with Crippen LogP contribution in [0.25, 0.3) is 0 Å². The zero-order valence-corrected chi connectivity index (χ0v) is 13.5. The van der Waals surface area contributed by atoms with Crippen LogP contribution in [-0.2, 0) is 14.2 Å². The molecule has 7 heteroatoms. The highest BCUT2D eigenvalue weighted by Crippen LogP contribution is 2.32. The van der Waals surface area contributed by atoms with Crippen molar-refractivity contribution in [2.24, 2.45) is 0 Å². The van der Waals surface area contributed by atoms with Gasteiger partial charge in [0.1, 0.15) is 18.3 Å². The van der Waals surface area contributed by atoms with Crippen molar-refractivity contribution >= 4 is 0 Å². The minimum Gasteiger partial charge on any atom is -0.394 e. The molecule has 4 N–H and O–H groups in total. The van der Waals surface area contributed by atoms with Crippen molar-refractivity contribution in [3.63, 3.8) is 0 Å². The molecular formula is C15H30O7. The van der Waals surface area contributed by atoms with Gasteiger partial charge >= 0.3 is 5.97 Å². The monoisotopic (exact) mass is 322 g/mol. The second-order valence-corrected chi connectivity index (χ2v) is 5.69. The summed E-state index contributed by atoms with van der Waals surface area (Å²) in [6.07, 6.45) is 0.898. The molecule has 1 aliphatic rings. The third kappa shape index (κ3) is 4.86.